The van der Waals surface area contributed by atoms with E-state index in [4.69, 9.17) is 0 Å². The van der Waals surface area contributed by atoms with Crippen molar-refractivity contribution >= 4 is 12.7 Å². The number of rotatable bonds is 2. The molecule has 1 radical (unpaired) electrons. The number of benzene rings is 1. The minimum Gasteiger partial charge on any atom is -0.170 e. The summed E-state index contributed by atoms with van der Waals surface area (Å²) in [6.45, 7) is 1.79. The van der Waals surface area contributed by atoms with Gasteiger partial charge < -0.3 is 0 Å². The van der Waals surface area contributed by atoms with Crippen LogP contribution in [0.2, 0.25) is 6.82 Å². The molecule has 7 heteroatoms. The van der Waals surface area contributed by atoms with Crippen molar-refractivity contribution in [3.8, 4) is 0 Å². The molecule has 0 N–H and O–H groups in total. The van der Waals surface area contributed by atoms with Gasteiger partial charge in [-0.1, -0.05) is 36.6 Å². The van der Waals surface area contributed by atoms with Crippen LogP contribution in [0.5, 0.6) is 0 Å². The second-order valence-electron chi connectivity index (χ2n) is 4.03. The zero-order chi connectivity index (χ0) is 14.2. The van der Waals surface area contributed by atoms with Gasteiger partial charge in [-0.05, 0) is 12.5 Å². The number of hydrogen-bond donors (Lipinski definition) is 0. The number of halogens is 6. The van der Waals surface area contributed by atoms with Crippen LogP contribution in [0.4, 0.5) is 26.3 Å². The fourth-order valence-electron chi connectivity index (χ4n) is 1.50. The molecular formula is C11H10BF6. The molecule has 0 amide bonds. The van der Waals surface area contributed by atoms with Gasteiger partial charge in [0.25, 0.3) is 0 Å². The zero-order valence-electron chi connectivity index (χ0n) is 9.65. The van der Waals surface area contributed by atoms with Gasteiger partial charge in [0, 0.05) is 0 Å². The second kappa shape index (κ2) is 4.51. The van der Waals surface area contributed by atoms with Crippen molar-refractivity contribution in [3.05, 3.63) is 29.8 Å². The predicted octanol–water partition coefficient (Wildman–Crippen LogP) is 3.45. The van der Waals surface area contributed by atoms with Gasteiger partial charge in [0.1, 0.15) is 7.28 Å². The minimum absolute atomic E-state index is 0.150. The summed E-state index contributed by atoms with van der Waals surface area (Å²) in [5, 5.41) is 0. The second-order valence-corrected chi connectivity index (χ2v) is 4.03. The molecule has 0 aromatic heterocycles. The lowest BCUT2D eigenvalue weighted by atomic mass is 9.72. The first kappa shape index (κ1) is 14.9. The quantitative estimate of drug-likeness (QED) is 0.568. The van der Waals surface area contributed by atoms with Crippen molar-refractivity contribution in [1.82, 2.24) is 0 Å². The molecule has 0 atom stereocenters. The predicted molar refractivity (Wildman–Crippen MR) is 57.2 cm³/mol. The van der Waals surface area contributed by atoms with E-state index in [1.807, 2.05) is 0 Å². The van der Waals surface area contributed by atoms with Crippen LogP contribution in [-0.4, -0.2) is 19.6 Å². The Kier molecular flexibility index (Phi) is 3.74. The first-order valence-corrected chi connectivity index (χ1v) is 5.07. The van der Waals surface area contributed by atoms with Gasteiger partial charge in [-0.15, -0.1) is 0 Å². The minimum atomic E-state index is -5.40. The van der Waals surface area contributed by atoms with E-state index in [2.05, 4.69) is 0 Å². The van der Waals surface area contributed by atoms with Gasteiger partial charge in [-0.3, -0.25) is 0 Å². The Bertz CT molecular complexity index is 389. The van der Waals surface area contributed by atoms with Gasteiger partial charge in [-0.2, -0.15) is 26.3 Å². The maximum Gasteiger partial charge on any atom is 0.406 e. The normalized spacial score (nSPS) is 13.6. The maximum absolute atomic E-state index is 12.7. The van der Waals surface area contributed by atoms with Crippen LogP contribution in [0.3, 0.4) is 0 Å². The summed E-state index contributed by atoms with van der Waals surface area (Å²) in [7, 11) is 1.59. The highest BCUT2D eigenvalue weighted by Crippen LogP contribution is 2.51. The summed E-state index contributed by atoms with van der Waals surface area (Å²) < 4.78 is 76.4. The molecule has 0 unspecified atom stereocenters. The summed E-state index contributed by atoms with van der Waals surface area (Å²) in [5.41, 5.74) is -4.11. The van der Waals surface area contributed by atoms with Crippen molar-refractivity contribution in [2.24, 2.45) is 0 Å². The van der Waals surface area contributed by atoms with Crippen LogP contribution in [0, 0.1) is 0 Å². The van der Waals surface area contributed by atoms with Gasteiger partial charge >= 0.3 is 12.4 Å². The van der Waals surface area contributed by atoms with E-state index in [9.17, 15) is 26.3 Å². The molecule has 0 fully saturated rings. The summed E-state index contributed by atoms with van der Waals surface area (Å²) in [5.74, 6) is 0. The van der Waals surface area contributed by atoms with E-state index < -0.39 is 23.3 Å². The fraction of sp³-hybridized carbons (Fsp3) is 0.455. The third kappa shape index (κ3) is 2.35. The Balaban J connectivity index is 3.36. The molecule has 18 heavy (non-hydrogen) atoms. The van der Waals surface area contributed by atoms with Crippen LogP contribution in [0.15, 0.2) is 24.3 Å². The largest absolute Gasteiger partial charge is 0.406 e. The molecule has 1 aromatic rings. The highest BCUT2D eigenvalue weighted by atomic mass is 19.4. The molecule has 0 saturated heterocycles. The Labute approximate surface area is 101 Å². The third-order valence-corrected chi connectivity index (χ3v) is 2.96. The van der Waals surface area contributed by atoms with Crippen LogP contribution >= 0.6 is 0 Å². The van der Waals surface area contributed by atoms with E-state index in [0.717, 1.165) is 12.1 Å². The van der Waals surface area contributed by atoms with E-state index in [-0.39, 0.29) is 6.92 Å². The first-order chi connectivity index (χ1) is 8.04. The molecule has 0 nitrogen and oxygen atoms in total. The molecule has 0 heterocycles. The van der Waals surface area contributed by atoms with Crippen LogP contribution < -0.4 is 5.46 Å². The van der Waals surface area contributed by atoms with Crippen LogP contribution in [0.1, 0.15) is 12.5 Å². The maximum atomic E-state index is 12.7. The van der Waals surface area contributed by atoms with E-state index in [0.29, 0.717) is 5.46 Å². The first-order valence-electron chi connectivity index (χ1n) is 5.07. The summed E-state index contributed by atoms with van der Waals surface area (Å²) in [6.07, 6.45) is -10.8. The summed E-state index contributed by atoms with van der Waals surface area (Å²) >= 11 is 0. The van der Waals surface area contributed by atoms with Crippen molar-refractivity contribution in [3.63, 3.8) is 0 Å². The van der Waals surface area contributed by atoms with Gasteiger partial charge in [-0.25, -0.2) is 0 Å². The van der Waals surface area contributed by atoms with Crippen molar-refractivity contribution < 1.29 is 26.3 Å². The lowest BCUT2D eigenvalue weighted by molar-refractivity contribution is -0.297. The zero-order valence-corrected chi connectivity index (χ0v) is 9.65. The summed E-state index contributed by atoms with van der Waals surface area (Å²) in [6, 6.07) is 4.17. The Morgan fingerprint density at radius 2 is 1.22 bits per heavy atom. The van der Waals surface area contributed by atoms with Crippen LogP contribution in [-0.2, 0) is 5.41 Å². The molecule has 0 aliphatic carbocycles. The molecule has 99 valence electrons. The third-order valence-electron chi connectivity index (χ3n) is 2.96. The monoisotopic (exact) mass is 267 g/mol. The molecule has 1 aromatic carbocycles. The Morgan fingerprint density at radius 3 is 1.50 bits per heavy atom. The standard InChI is InChI=1S/C11H10BF6/c1-9(10(13,14)15,11(16,17)18)7-3-5-8(12-2)6-4-7/h3-6H,1-2H3. The SMILES string of the molecule is C[B]c1ccc(C(C)(C(F)(F)F)C(F)(F)F)cc1. The van der Waals surface area contributed by atoms with Crippen molar-refractivity contribution in [2.45, 2.75) is 31.5 Å². The number of hydrogen-bond acceptors (Lipinski definition) is 0. The van der Waals surface area contributed by atoms with E-state index in [1.165, 1.54) is 12.1 Å². The van der Waals surface area contributed by atoms with E-state index in [1.54, 1.807) is 14.1 Å². The molecule has 0 saturated carbocycles. The molecule has 0 aliphatic heterocycles. The Morgan fingerprint density at radius 1 is 0.833 bits per heavy atom. The van der Waals surface area contributed by atoms with Crippen LogP contribution in [0.25, 0.3) is 0 Å². The van der Waals surface area contributed by atoms with Crippen molar-refractivity contribution in [1.29, 1.82) is 0 Å². The fourth-order valence-corrected chi connectivity index (χ4v) is 1.50. The highest BCUT2D eigenvalue weighted by molar-refractivity contribution is 6.51. The average molecular weight is 267 g/mol. The molecule has 0 bridgehead atoms. The average Bonchev–Trinajstić information content (AvgIpc) is 2.25. The lowest BCUT2D eigenvalue weighted by Crippen LogP contribution is -2.51. The highest BCUT2D eigenvalue weighted by Gasteiger charge is 2.68. The molecule has 0 spiro atoms. The van der Waals surface area contributed by atoms with E-state index >= 15 is 0 Å². The van der Waals surface area contributed by atoms with Gasteiger partial charge in [0.05, 0.1) is 0 Å². The smallest absolute Gasteiger partial charge is 0.170 e. The van der Waals surface area contributed by atoms with Crippen molar-refractivity contribution in [2.75, 3.05) is 0 Å². The molecular weight excluding hydrogens is 257 g/mol. The topological polar surface area (TPSA) is 0 Å². The molecule has 1 rings (SSSR count). The number of alkyl halides is 6. The Hall–Kier alpha value is -1.14. The van der Waals surface area contributed by atoms with Gasteiger partial charge in [0.15, 0.2) is 5.41 Å². The molecule has 0 aliphatic rings. The van der Waals surface area contributed by atoms with Gasteiger partial charge in [0.2, 0.25) is 0 Å². The lowest BCUT2D eigenvalue weighted by Gasteiger charge is -2.34. The summed E-state index contributed by atoms with van der Waals surface area (Å²) in [4.78, 5) is 0.